The summed E-state index contributed by atoms with van der Waals surface area (Å²) in [5.74, 6) is 1.65. The van der Waals surface area contributed by atoms with Crippen molar-refractivity contribution in [2.24, 2.45) is 0 Å². The fraction of sp³-hybridized carbons (Fsp3) is 0.0500. The largest absolute Gasteiger partial charge is 0.0758 e. The topological polar surface area (TPSA) is 0 Å². The van der Waals surface area contributed by atoms with Crippen molar-refractivity contribution >= 4 is 6.08 Å². The van der Waals surface area contributed by atoms with Gasteiger partial charge in [-0.1, -0.05) is 72.8 Å². The predicted molar refractivity (Wildman–Crippen MR) is 85.1 cm³/mol. The Balaban J connectivity index is 1.84. The number of hydrogen-bond acceptors (Lipinski definition) is 0. The van der Waals surface area contributed by atoms with E-state index in [2.05, 4.69) is 92.4 Å². The molecule has 1 fully saturated rings. The van der Waals surface area contributed by atoms with Crippen molar-refractivity contribution in [1.29, 1.82) is 0 Å². The normalized spacial score (nSPS) is 17.6. The molecule has 0 heteroatoms. The molecule has 1 aliphatic rings. The molecular formula is C20H17. The summed E-state index contributed by atoms with van der Waals surface area (Å²) in [6, 6.07) is 21.1. The summed E-state index contributed by atoms with van der Waals surface area (Å²) in [5.41, 5.74) is 2.56. The van der Waals surface area contributed by atoms with Crippen LogP contribution in [0.3, 0.4) is 0 Å². The van der Waals surface area contributed by atoms with E-state index in [1.54, 1.807) is 0 Å². The van der Waals surface area contributed by atoms with Crippen LogP contribution < -0.4 is 0 Å². The van der Waals surface area contributed by atoms with Gasteiger partial charge in [0.1, 0.15) is 0 Å². The van der Waals surface area contributed by atoms with E-state index in [0.717, 1.165) is 0 Å². The molecule has 2 aromatic carbocycles. The zero-order valence-electron chi connectivity index (χ0n) is 11.3. The van der Waals surface area contributed by atoms with Crippen molar-refractivity contribution in [2.75, 3.05) is 0 Å². The molecule has 1 saturated carbocycles. The Bertz CT molecular complexity index is 533. The van der Waals surface area contributed by atoms with Crippen molar-refractivity contribution in [1.82, 2.24) is 0 Å². The van der Waals surface area contributed by atoms with Crippen molar-refractivity contribution in [3.63, 3.8) is 0 Å². The molecule has 1 atom stereocenters. The molecule has 0 saturated heterocycles. The van der Waals surface area contributed by atoms with E-state index in [0.29, 0.717) is 5.92 Å². The zero-order chi connectivity index (χ0) is 13.6. The van der Waals surface area contributed by atoms with Gasteiger partial charge in [0.05, 0.1) is 0 Å². The molecule has 3 rings (SSSR count). The smallest absolute Gasteiger partial charge is 0.00893 e. The highest BCUT2D eigenvalue weighted by atomic mass is 14.3. The quantitative estimate of drug-likeness (QED) is 0.731. The summed E-state index contributed by atoms with van der Waals surface area (Å²) in [4.78, 5) is 0. The van der Waals surface area contributed by atoms with Crippen molar-refractivity contribution in [3.8, 4) is 0 Å². The Morgan fingerprint density at radius 1 is 0.700 bits per heavy atom. The van der Waals surface area contributed by atoms with E-state index >= 15 is 0 Å². The molecule has 97 valence electrons. The first kappa shape index (κ1) is 13.2. The average molecular weight is 257 g/mol. The summed E-state index contributed by atoms with van der Waals surface area (Å²) >= 11 is 0. The summed E-state index contributed by atoms with van der Waals surface area (Å²) in [7, 11) is 0. The summed E-state index contributed by atoms with van der Waals surface area (Å²) in [6.07, 6.45) is 13.0. The molecule has 0 spiro atoms. The van der Waals surface area contributed by atoms with E-state index in [1.165, 1.54) is 17.0 Å². The van der Waals surface area contributed by atoms with Gasteiger partial charge in [-0.3, -0.25) is 0 Å². The van der Waals surface area contributed by atoms with Gasteiger partial charge in [-0.25, -0.2) is 0 Å². The molecule has 0 N–H and O–H groups in total. The highest BCUT2D eigenvalue weighted by Crippen LogP contribution is 2.38. The third-order valence-corrected chi connectivity index (χ3v) is 3.49. The molecule has 2 aromatic rings. The van der Waals surface area contributed by atoms with Crippen LogP contribution in [0.1, 0.15) is 17.0 Å². The first-order valence-corrected chi connectivity index (χ1v) is 6.93. The van der Waals surface area contributed by atoms with E-state index in [4.69, 9.17) is 0 Å². The van der Waals surface area contributed by atoms with Gasteiger partial charge in [0.15, 0.2) is 0 Å². The Labute approximate surface area is 122 Å². The van der Waals surface area contributed by atoms with Crippen LogP contribution in [0.4, 0.5) is 0 Å². The van der Waals surface area contributed by atoms with Crippen LogP contribution in [-0.2, 0) is 0 Å². The second kappa shape index (κ2) is 6.56. The van der Waals surface area contributed by atoms with Crippen molar-refractivity contribution < 1.29 is 0 Å². The molecule has 0 aromatic heterocycles. The summed E-state index contributed by atoms with van der Waals surface area (Å²) in [6.45, 7) is 0. The SMILES string of the molecule is [CH]1[CH][CH][C](C(/C=C/c2ccccc2)c2ccccc2)[CH]1. The van der Waals surface area contributed by atoms with Gasteiger partial charge in [-0.05, 0) is 42.7 Å². The van der Waals surface area contributed by atoms with Gasteiger partial charge in [0.25, 0.3) is 0 Å². The highest BCUT2D eigenvalue weighted by Gasteiger charge is 2.25. The lowest BCUT2D eigenvalue weighted by Gasteiger charge is -2.19. The van der Waals surface area contributed by atoms with Crippen molar-refractivity contribution in [2.45, 2.75) is 5.92 Å². The highest BCUT2D eigenvalue weighted by molar-refractivity contribution is 5.54. The summed E-state index contributed by atoms with van der Waals surface area (Å²) in [5, 5.41) is 0. The third kappa shape index (κ3) is 3.19. The Hall–Kier alpha value is -1.82. The van der Waals surface area contributed by atoms with Gasteiger partial charge in [0.2, 0.25) is 0 Å². The van der Waals surface area contributed by atoms with Crippen LogP contribution in [0.2, 0.25) is 0 Å². The van der Waals surface area contributed by atoms with Gasteiger partial charge >= 0.3 is 0 Å². The Morgan fingerprint density at radius 2 is 1.30 bits per heavy atom. The second-order valence-electron chi connectivity index (χ2n) is 4.88. The van der Waals surface area contributed by atoms with Crippen LogP contribution >= 0.6 is 0 Å². The zero-order valence-corrected chi connectivity index (χ0v) is 11.3. The van der Waals surface area contributed by atoms with Crippen LogP contribution in [0, 0.1) is 31.6 Å². The van der Waals surface area contributed by atoms with E-state index < -0.39 is 0 Å². The predicted octanol–water partition coefficient (Wildman–Crippen LogP) is 4.89. The monoisotopic (exact) mass is 257 g/mol. The minimum Gasteiger partial charge on any atom is -0.0758 e. The fourth-order valence-corrected chi connectivity index (χ4v) is 2.44. The van der Waals surface area contributed by atoms with E-state index in [-0.39, 0.29) is 0 Å². The number of allylic oxidation sites excluding steroid dienone is 1. The van der Waals surface area contributed by atoms with Gasteiger partial charge in [0, 0.05) is 5.92 Å². The molecular weight excluding hydrogens is 240 g/mol. The molecule has 5 radical (unpaired) electrons. The van der Waals surface area contributed by atoms with Crippen LogP contribution in [0.5, 0.6) is 0 Å². The molecule has 1 aliphatic carbocycles. The summed E-state index contributed by atoms with van der Waals surface area (Å²) < 4.78 is 0. The maximum Gasteiger partial charge on any atom is 0.00893 e. The number of rotatable bonds is 4. The van der Waals surface area contributed by atoms with Crippen LogP contribution in [-0.4, -0.2) is 0 Å². The standard InChI is InChI=1S/C20H17/c1-3-9-17(10-4-1)15-16-20(19-13-7-8-14-19)18-11-5-2-6-12-18/h1-16,20H/b16-15+. The molecule has 1 unspecified atom stereocenters. The molecule has 20 heavy (non-hydrogen) atoms. The lowest BCUT2D eigenvalue weighted by atomic mass is 9.84. The maximum absolute atomic E-state index is 2.28. The Kier molecular flexibility index (Phi) is 4.32. The van der Waals surface area contributed by atoms with E-state index in [1.807, 2.05) is 6.07 Å². The van der Waals surface area contributed by atoms with Crippen LogP contribution in [0.15, 0.2) is 66.7 Å². The lowest BCUT2D eigenvalue weighted by Crippen LogP contribution is -2.06. The molecule has 0 aliphatic heterocycles. The maximum atomic E-state index is 2.28. The first-order chi connectivity index (χ1) is 9.93. The number of hydrogen-bond donors (Lipinski definition) is 0. The van der Waals surface area contributed by atoms with Gasteiger partial charge in [-0.15, -0.1) is 0 Å². The van der Waals surface area contributed by atoms with Gasteiger partial charge < -0.3 is 0 Å². The first-order valence-electron chi connectivity index (χ1n) is 6.93. The van der Waals surface area contributed by atoms with Crippen LogP contribution in [0.25, 0.3) is 6.08 Å². The van der Waals surface area contributed by atoms with Gasteiger partial charge in [-0.2, -0.15) is 0 Å². The number of benzene rings is 2. The average Bonchev–Trinajstić information content (AvgIpc) is 3.04. The lowest BCUT2D eigenvalue weighted by molar-refractivity contribution is 0.915. The molecule has 0 nitrogen and oxygen atoms in total. The second-order valence-corrected chi connectivity index (χ2v) is 4.88. The molecule has 0 amide bonds. The minimum absolute atomic E-state index is 0.311. The fourth-order valence-electron chi connectivity index (χ4n) is 2.44. The minimum atomic E-state index is 0.311. The molecule has 0 bridgehead atoms. The Morgan fingerprint density at radius 3 is 1.95 bits per heavy atom. The molecule has 0 heterocycles. The third-order valence-electron chi connectivity index (χ3n) is 3.49. The van der Waals surface area contributed by atoms with E-state index in [9.17, 15) is 0 Å². The van der Waals surface area contributed by atoms with Crippen molar-refractivity contribution in [3.05, 3.63) is 109 Å².